The van der Waals surface area contributed by atoms with Gasteiger partial charge in [-0.2, -0.15) is 0 Å². The highest BCUT2D eigenvalue weighted by Crippen LogP contribution is 2.33. The molecule has 1 N–H and O–H groups in total. The van der Waals surface area contributed by atoms with Crippen LogP contribution in [0.1, 0.15) is 17.7 Å². The van der Waals surface area contributed by atoms with Gasteiger partial charge in [-0.25, -0.2) is 4.39 Å². The molecule has 0 bridgehead atoms. The number of pyridine rings is 1. The lowest BCUT2D eigenvalue weighted by Crippen LogP contribution is -2.23. The van der Waals surface area contributed by atoms with Crippen molar-refractivity contribution in [2.45, 2.75) is 19.0 Å². The van der Waals surface area contributed by atoms with Gasteiger partial charge in [-0.05, 0) is 43.7 Å². The van der Waals surface area contributed by atoms with Crippen LogP contribution in [-0.4, -0.2) is 18.1 Å². The average Bonchev–Trinajstić information content (AvgIpc) is 2.77. The predicted molar refractivity (Wildman–Crippen MR) is 66.8 cm³/mol. The normalized spacial score (nSPS) is 24.4. The summed E-state index contributed by atoms with van der Waals surface area (Å²) in [6.45, 7) is 3.13. The fourth-order valence-electron chi connectivity index (χ4n) is 2.41. The first-order valence-corrected chi connectivity index (χ1v) is 5.95. The first-order chi connectivity index (χ1) is 8.17. The van der Waals surface area contributed by atoms with E-state index >= 15 is 0 Å². The molecular weight excluding hydrogens is 215 g/mol. The third-order valence-electron chi connectivity index (χ3n) is 3.45. The molecule has 3 rings (SSSR count). The number of nitrogens with one attached hydrogen (secondary N) is 1. The molecular formula is C14H15FN2. The van der Waals surface area contributed by atoms with Crippen LogP contribution in [0.2, 0.25) is 0 Å². The Hall–Kier alpha value is -1.48. The summed E-state index contributed by atoms with van der Waals surface area (Å²) in [5.41, 5.74) is 1.48. The number of aryl methyl sites for hydroxylation is 1. The van der Waals surface area contributed by atoms with E-state index in [2.05, 4.69) is 10.3 Å². The van der Waals surface area contributed by atoms with Gasteiger partial charge < -0.3 is 5.32 Å². The zero-order valence-electron chi connectivity index (χ0n) is 9.83. The van der Waals surface area contributed by atoms with E-state index in [0.717, 1.165) is 28.7 Å². The van der Waals surface area contributed by atoms with Crippen molar-refractivity contribution in [3.05, 3.63) is 41.6 Å². The van der Waals surface area contributed by atoms with Crippen molar-refractivity contribution in [1.29, 1.82) is 0 Å². The van der Waals surface area contributed by atoms with Gasteiger partial charge in [-0.3, -0.25) is 4.98 Å². The van der Waals surface area contributed by atoms with E-state index in [0.29, 0.717) is 13.0 Å². The second kappa shape index (κ2) is 3.77. The monoisotopic (exact) mass is 230 g/mol. The van der Waals surface area contributed by atoms with E-state index < -0.39 is 5.67 Å². The summed E-state index contributed by atoms with van der Waals surface area (Å²) >= 11 is 0. The third kappa shape index (κ3) is 1.80. The molecule has 1 aromatic heterocycles. The molecule has 0 amide bonds. The van der Waals surface area contributed by atoms with Crippen molar-refractivity contribution in [3.63, 3.8) is 0 Å². The maximum atomic E-state index is 14.6. The molecule has 1 aromatic carbocycles. The number of fused-ring (bicyclic) bond motifs is 1. The van der Waals surface area contributed by atoms with Crippen molar-refractivity contribution in [3.8, 4) is 0 Å². The van der Waals surface area contributed by atoms with Gasteiger partial charge in [0.15, 0.2) is 0 Å². The Balaban J connectivity index is 2.10. The summed E-state index contributed by atoms with van der Waals surface area (Å²) in [7, 11) is 0. The lowest BCUT2D eigenvalue weighted by Gasteiger charge is -2.19. The molecule has 0 aliphatic carbocycles. The standard InChI is InChI=1S/C14H15FN2/c1-10-2-3-11-8-12(4-5-13(11)17-10)14(15)6-7-16-9-14/h2-5,8,16H,6-7,9H2,1H3. The van der Waals surface area contributed by atoms with E-state index in [1.54, 1.807) is 0 Å². The second-order valence-electron chi connectivity index (χ2n) is 4.75. The van der Waals surface area contributed by atoms with Crippen molar-refractivity contribution in [2.75, 3.05) is 13.1 Å². The Morgan fingerprint density at radius 2 is 2.18 bits per heavy atom. The van der Waals surface area contributed by atoms with E-state index in [1.165, 1.54) is 0 Å². The van der Waals surface area contributed by atoms with Gasteiger partial charge in [-0.15, -0.1) is 0 Å². The zero-order valence-corrected chi connectivity index (χ0v) is 9.83. The van der Waals surface area contributed by atoms with E-state index in [-0.39, 0.29) is 0 Å². The van der Waals surface area contributed by atoms with Gasteiger partial charge in [0.05, 0.1) is 5.52 Å². The number of rotatable bonds is 1. The minimum Gasteiger partial charge on any atom is -0.313 e. The van der Waals surface area contributed by atoms with Crippen LogP contribution < -0.4 is 5.32 Å². The lowest BCUT2D eigenvalue weighted by molar-refractivity contribution is 0.193. The molecule has 2 nitrogen and oxygen atoms in total. The van der Waals surface area contributed by atoms with Crippen LogP contribution in [-0.2, 0) is 5.67 Å². The fourth-order valence-corrected chi connectivity index (χ4v) is 2.41. The van der Waals surface area contributed by atoms with Gasteiger partial charge in [-0.1, -0.05) is 12.1 Å². The molecule has 0 spiro atoms. The Bertz CT molecular complexity index is 559. The molecule has 88 valence electrons. The van der Waals surface area contributed by atoms with Crippen LogP contribution in [0.5, 0.6) is 0 Å². The Labute approximate surface area is 99.9 Å². The van der Waals surface area contributed by atoms with E-state index in [4.69, 9.17) is 0 Å². The average molecular weight is 230 g/mol. The molecule has 1 atom stereocenters. The maximum absolute atomic E-state index is 14.6. The van der Waals surface area contributed by atoms with Crippen LogP contribution in [0, 0.1) is 6.92 Å². The summed E-state index contributed by atoms with van der Waals surface area (Å²) in [5.74, 6) is 0. The van der Waals surface area contributed by atoms with Crippen LogP contribution in [0.3, 0.4) is 0 Å². The van der Waals surface area contributed by atoms with E-state index in [9.17, 15) is 4.39 Å². The Morgan fingerprint density at radius 3 is 2.94 bits per heavy atom. The number of benzene rings is 1. The number of halogens is 1. The SMILES string of the molecule is Cc1ccc2cc(C3(F)CCNC3)ccc2n1. The molecule has 0 saturated carbocycles. The summed E-state index contributed by atoms with van der Waals surface area (Å²) < 4.78 is 14.6. The number of hydrogen-bond donors (Lipinski definition) is 1. The molecule has 3 heteroatoms. The largest absolute Gasteiger partial charge is 0.313 e. The minimum atomic E-state index is -1.21. The summed E-state index contributed by atoms with van der Waals surface area (Å²) in [6, 6.07) is 9.67. The highest BCUT2D eigenvalue weighted by Gasteiger charge is 2.35. The maximum Gasteiger partial charge on any atom is 0.149 e. The van der Waals surface area contributed by atoms with Gasteiger partial charge in [0.25, 0.3) is 0 Å². The number of alkyl halides is 1. The molecule has 2 aromatic rings. The zero-order chi connectivity index (χ0) is 11.9. The molecule has 1 unspecified atom stereocenters. The molecule has 17 heavy (non-hydrogen) atoms. The summed E-state index contributed by atoms with van der Waals surface area (Å²) in [4.78, 5) is 4.43. The van der Waals surface area contributed by atoms with Crippen molar-refractivity contribution < 1.29 is 4.39 Å². The third-order valence-corrected chi connectivity index (χ3v) is 3.45. The molecule has 0 radical (unpaired) electrons. The smallest absolute Gasteiger partial charge is 0.149 e. The summed E-state index contributed by atoms with van der Waals surface area (Å²) in [5, 5.41) is 4.09. The first kappa shape index (κ1) is 10.7. The summed E-state index contributed by atoms with van der Waals surface area (Å²) in [6.07, 6.45) is 0.553. The van der Waals surface area contributed by atoms with Crippen LogP contribution in [0.25, 0.3) is 10.9 Å². The Morgan fingerprint density at radius 1 is 1.29 bits per heavy atom. The highest BCUT2D eigenvalue weighted by molar-refractivity contribution is 5.79. The van der Waals surface area contributed by atoms with E-state index in [1.807, 2.05) is 37.3 Å². The molecule has 1 fully saturated rings. The van der Waals surface area contributed by atoms with Crippen molar-refractivity contribution in [2.24, 2.45) is 0 Å². The van der Waals surface area contributed by atoms with Crippen molar-refractivity contribution in [1.82, 2.24) is 10.3 Å². The number of nitrogens with zero attached hydrogens (tertiary/aromatic N) is 1. The first-order valence-electron chi connectivity index (χ1n) is 5.95. The lowest BCUT2D eigenvalue weighted by atomic mass is 9.93. The molecule has 2 heterocycles. The molecule has 1 saturated heterocycles. The second-order valence-corrected chi connectivity index (χ2v) is 4.75. The van der Waals surface area contributed by atoms with Gasteiger partial charge in [0.1, 0.15) is 5.67 Å². The van der Waals surface area contributed by atoms with Crippen LogP contribution in [0.4, 0.5) is 4.39 Å². The van der Waals surface area contributed by atoms with Gasteiger partial charge in [0.2, 0.25) is 0 Å². The fraction of sp³-hybridized carbons (Fsp3) is 0.357. The Kier molecular flexibility index (Phi) is 2.37. The highest BCUT2D eigenvalue weighted by atomic mass is 19.1. The quantitative estimate of drug-likeness (QED) is 0.814. The molecule has 1 aliphatic heterocycles. The topological polar surface area (TPSA) is 24.9 Å². The number of hydrogen-bond acceptors (Lipinski definition) is 2. The van der Waals surface area contributed by atoms with Crippen molar-refractivity contribution >= 4 is 10.9 Å². The predicted octanol–water partition coefficient (Wildman–Crippen LogP) is 2.70. The minimum absolute atomic E-state index is 0.414. The van der Waals surface area contributed by atoms with Crippen LogP contribution >= 0.6 is 0 Å². The van der Waals surface area contributed by atoms with Gasteiger partial charge >= 0.3 is 0 Å². The van der Waals surface area contributed by atoms with Crippen LogP contribution in [0.15, 0.2) is 30.3 Å². The number of aromatic nitrogens is 1. The van der Waals surface area contributed by atoms with Gasteiger partial charge in [0, 0.05) is 17.6 Å². The molecule has 1 aliphatic rings.